The second-order valence-corrected chi connectivity index (χ2v) is 5.97. The van der Waals surface area contributed by atoms with Crippen LogP contribution in [0.3, 0.4) is 0 Å². The van der Waals surface area contributed by atoms with Crippen LogP contribution in [0.1, 0.15) is 24.8 Å². The van der Waals surface area contributed by atoms with E-state index in [0.29, 0.717) is 6.42 Å². The van der Waals surface area contributed by atoms with E-state index in [9.17, 15) is 4.79 Å². The molecule has 0 N–H and O–H groups in total. The molecular weight excluding hydrogens is 272 g/mol. The molecule has 0 unspecified atom stereocenters. The van der Waals surface area contributed by atoms with Crippen LogP contribution >= 0.6 is 23.4 Å². The molecule has 0 amide bonds. The van der Waals surface area contributed by atoms with Gasteiger partial charge >= 0.3 is 5.97 Å². The molecule has 1 heterocycles. The average molecular weight is 287 g/mol. The summed E-state index contributed by atoms with van der Waals surface area (Å²) in [6.07, 6.45) is 4.37. The molecule has 98 valence electrons. The van der Waals surface area contributed by atoms with Crippen molar-refractivity contribution in [1.82, 2.24) is 9.97 Å². The number of methoxy groups -OCH3 is 1. The molecule has 18 heavy (non-hydrogen) atoms. The summed E-state index contributed by atoms with van der Waals surface area (Å²) in [4.78, 5) is 19.5. The van der Waals surface area contributed by atoms with Crippen LogP contribution in [0.15, 0.2) is 11.2 Å². The van der Waals surface area contributed by atoms with Gasteiger partial charge in [0.25, 0.3) is 0 Å². The van der Waals surface area contributed by atoms with Crippen molar-refractivity contribution in [1.29, 1.82) is 0 Å². The van der Waals surface area contributed by atoms with Gasteiger partial charge in [-0.1, -0.05) is 0 Å². The molecule has 4 nitrogen and oxygen atoms in total. The zero-order valence-corrected chi connectivity index (χ0v) is 12.0. The minimum absolute atomic E-state index is 0.0988. The standard InChI is InChI=1S/C12H15ClN2O2S/c1-8-6-14-11(13)15-10(8)18-7-12(3-4-12)5-9(16)17-2/h6H,3-5,7H2,1-2H3. The molecule has 1 saturated carbocycles. The largest absolute Gasteiger partial charge is 0.469 e. The van der Waals surface area contributed by atoms with Gasteiger partial charge in [-0.3, -0.25) is 4.79 Å². The van der Waals surface area contributed by atoms with Gasteiger partial charge < -0.3 is 4.74 Å². The Balaban J connectivity index is 1.95. The number of carbonyl (C=O) groups excluding carboxylic acids is 1. The summed E-state index contributed by atoms with van der Waals surface area (Å²) in [5, 5.41) is 1.16. The number of aromatic nitrogens is 2. The fourth-order valence-electron chi connectivity index (χ4n) is 1.70. The van der Waals surface area contributed by atoms with E-state index in [0.717, 1.165) is 29.2 Å². The van der Waals surface area contributed by atoms with Crippen molar-refractivity contribution >= 4 is 29.3 Å². The maximum Gasteiger partial charge on any atom is 0.306 e. The van der Waals surface area contributed by atoms with E-state index in [1.165, 1.54) is 7.11 Å². The number of rotatable bonds is 5. The number of thioether (sulfide) groups is 1. The molecule has 1 aromatic rings. The summed E-state index contributed by atoms with van der Waals surface area (Å²) < 4.78 is 4.73. The molecule has 0 atom stereocenters. The first-order chi connectivity index (χ1) is 8.54. The van der Waals surface area contributed by atoms with Crippen molar-refractivity contribution in [3.8, 4) is 0 Å². The van der Waals surface area contributed by atoms with Gasteiger partial charge in [-0.25, -0.2) is 9.97 Å². The van der Waals surface area contributed by atoms with Crippen LogP contribution in [0.25, 0.3) is 0 Å². The molecule has 0 bridgehead atoms. The third kappa shape index (κ3) is 3.36. The maximum atomic E-state index is 11.3. The summed E-state index contributed by atoms with van der Waals surface area (Å²) in [5.41, 5.74) is 1.11. The lowest BCUT2D eigenvalue weighted by molar-refractivity contribution is -0.141. The Hall–Kier alpha value is -0.810. The quantitative estimate of drug-likeness (QED) is 0.360. The molecule has 1 aliphatic rings. The molecule has 0 radical (unpaired) electrons. The van der Waals surface area contributed by atoms with Crippen LogP contribution in [0.5, 0.6) is 0 Å². The molecule has 0 saturated heterocycles. The fourth-order valence-corrected chi connectivity index (χ4v) is 3.15. The number of hydrogen-bond donors (Lipinski definition) is 0. The monoisotopic (exact) mass is 286 g/mol. The van der Waals surface area contributed by atoms with Crippen LogP contribution in [0, 0.1) is 12.3 Å². The summed E-state index contributed by atoms with van der Waals surface area (Å²) >= 11 is 7.42. The van der Waals surface area contributed by atoms with E-state index in [1.54, 1.807) is 18.0 Å². The van der Waals surface area contributed by atoms with E-state index >= 15 is 0 Å². The lowest BCUT2D eigenvalue weighted by Crippen LogP contribution is -2.13. The average Bonchev–Trinajstić information content (AvgIpc) is 3.10. The number of nitrogens with zero attached hydrogens (tertiary/aromatic N) is 2. The number of ether oxygens (including phenoxy) is 1. The zero-order chi connectivity index (χ0) is 13.2. The number of halogens is 1. The predicted octanol–water partition coefficient (Wildman–Crippen LogP) is 2.87. The van der Waals surface area contributed by atoms with Crippen LogP contribution in [0.4, 0.5) is 0 Å². The van der Waals surface area contributed by atoms with Crippen molar-refractivity contribution in [2.45, 2.75) is 31.2 Å². The second-order valence-electron chi connectivity index (χ2n) is 4.67. The van der Waals surface area contributed by atoms with Gasteiger partial charge in [-0.15, -0.1) is 11.8 Å². The second kappa shape index (κ2) is 5.45. The topological polar surface area (TPSA) is 52.1 Å². The minimum Gasteiger partial charge on any atom is -0.469 e. The Bertz CT molecular complexity index is 463. The van der Waals surface area contributed by atoms with Gasteiger partial charge in [-0.05, 0) is 42.3 Å². The summed E-state index contributed by atoms with van der Waals surface area (Å²) in [7, 11) is 1.43. The summed E-state index contributed by atoms with van der Waals surface area (Å²) in [6, 6.07) is 0. The van der Waals surface area contributed by atoms with Gasteiger partial charge in [0.2, 0.25) is 5.28 Å². The van der Waals surface area contributed by atoms with E-state index in [1.807, 2.05) is 6.92 Å². The van der Waals surface area contributed by atoms with Crippen molar-refractivity contribution in [2.75, 3.05) is 12.9 Å². The highest BCUT2D eigenvalue weighted by atomic mass is 35.5. The van der Waals surface area contributed by atoms with Crippen molar-refractivity contribution in [2.24, 2.45) is 5.41 Å². The molecular formula is C12H15ClN2O2S. The molecule has 2 rings (SSSR count). The Morgan fingerprint density at radius 1 is 1.61 bits per heavy atom. The lowest BCUT2D eigenvalue weighted by Gasteiger charge is -2.13. The van der Waals surface area contributed by atoms with Crippen LogP contribution in [-0.4, -0.2) is 28.8 Å². The smallest absolute Gasteiger partial charge is 0.306 e. The molecule has 6 heteroatoms. The first-order valence-electron chi connectivity index (χ1n) is 5.73. The molecule has 0 aliphatic heterocycles. The first-order valence-corrected chi connectivity index (χ1v) is 7.10. The first kappa shape index (κ1) is 13.6. The van der Waals surface area contributed by atoms with Gasteiger partial charge in [0.15, 0.2) is 0 Å². The van der Waals surface area contributed by atoms with Crippen LogP contribution in [-0.2, 0) is 9.53 Å². The van der Waals surface area contributed by atoms with Crippen LogP contribution < -0.4 is 0 Å². The lowest BCUT2D eigenvalue weighted by atomic mass is 10.1. The highest BCUT2D eigenvalue weighted by Crippen LogP contribution is 2.52. The Morgan fingerprint density at radius 2 is 2.33 bits per heavy atom. The highest BCUT2D eigenvalue weighted by Gasteiger charge is 2.44. The summed E-state index contributed by atoms with van der Waals surface area (Å²) in [5.74, 6) is 0.738. The van der Waals surface area contributed by atoms with Gasteiger partial charge in [0, 0.05) is 11.9 Å². The Morgan fingerprint density at radius 3 is 2.94 bits per heavy atom. The zero-order valence-electron chi connectivity index (χ0n) is 10.4. The fraction of sp³-hybridized carbons (Fsp3) is 0.583. The van der Waals surface area contributed by atoms with E-state index in [4.69, 9.17) is 16.3 Å². The molecule has 0 spiro atoms. The predicted molar refractivity (Wildman–Crippen MR) is 70.8 cm³/mol. The summed E-state index contributed by atoms with van der Waals surface area (Å²) in [6.45, 7) is 1.96. The van der Waals surface area contributed by atoms with Crippen molar-refractivity contribution < 1.29 is 9.53 Å². The normalized spacial score (nSPS) is 16.4. The molecule has 1 aliphatic carbocycles. The van der Waals surface area contributed by atoms with E-state index in [-0.39, 0.29) is 16.7 Å². The third-order valence-electron chi connectivity index (χ3n) is 3.12. The molecule has 1 fully saturated rings. The Kier molecular flexibility index (Phi) is 4.12. The Labute approximate surface area is 115 Å². The molecule has 0 aromatic carbocycles. The van der Waals surface area contributed by atoms with E-state index in [2.05, 4.69) is 9.97 Å². The number of hydrogen-bond acceptors (Lipinski definition) is 5. The van der Waals surface area contributed by atoms with Crippen molar-refractivity contribution in [3.05, 3.63) is 17.0 Å². The highest BCUT2D eigenvalue weighted by molar-refractivity contribution is 7.99. The number of aryl methyl sites for hydroxylation is 1. The minimum atomic E-state index is -0.134. The van der Waals surface area contributed by atoms with Crippen LogP contribution in [0.2, 0.25) is 5.28 Å². The van der Waals surface area contributed by atoms with Gasteiger partial charge in [0.1, 0.15) is 5.03 Å². The van der Waals surface area contributed by atoms with E-state index < -0.39 is 0 Å². The van der Waals surface area contributed by atoms with Gasteiger partial charge in [-0.2, -0.15) is 0 Å². The van der Waals surface area contributed by atoms with Crippen molar-refractivity contribution in [3.63, 3.8) is 0 Å². The molecule has 1 aromatic heterocycles. The maximum absolute atomic E-state index is 11.3. The number of carbonyl (C=O) groups is 1. The number of esters is 1. The van der Waals surface area contributed by atoms with Gasteiger partial charge in [0.05, 0.1) is 13.5 Å². The third-order valence-corrected chi connectivity index (χ3v) is 4.74. The SMILES string of the molecule is COC(=O)CC1(CSc2nc(Cl)ncc2C)CC1.